The van der Waals surface area contributed by atoms with E-state index in [1.54, 1.807) is 0 Å². The maximum atomic E-state index is 10.3. The number of aliphatic hydroxyl groups is 1. The maximum absolute atomic E-state index is 10.3. The Morgan fingerprint density at radius 2 is 1.80 bits per heavy atom. The van der Waals surface area contributed by atoms with E-state index in [4.69, 9.17) is 0 Å². The van der Waals surface area contributed by atoms with Gasteiger partial charge in [0.25, 0.3) is 0 Å². The Kier molecular flexibility index (Phi) is 4.00. The molecular formula is C12H24N2O. The lowest BCUT2D eigenvalue weighted by Gasteiger charge is -2.35. The molecule has 1 saturated heterocycles. The molecule has 2 aliphatic rings. The highest BCUT2D eigenvalue weighted by molar-refractivity contribution is 4.87. The van der Waals surface area contributed by atoms with Gasteiger partial charge in [-0.25, -0.2) is 0 Å². The highest BCUT2D eigenvalue weighted by Crippen LogP contribution is 2.20. The van der Waals surface area contributed by atoms with E-state index in [9.17, 15) is 5.11 Å². The molecule has 0 radical (unpaired) electrons. The standard InChI is InChI=1S/C12H24N2O/c15-12(6-8-13-9-7-12)10-14-11-4-2-1-3-5-11/h11,13-15H,1-10H2. The average molecular weight is 212 g/mol. The first kappa shape index (κ1) is 11.4. The van der Waals surface area contributed by atoms with Gasteiger partial charge in [-0.05, 0) is 38.8 Å². The van der Waals surface area contributed by atoms with Gasteiger partial charge in [0, 0.05) is 12.6 Å². The normalized spacial score (nSPS) is 27.8. The molecule has 88 valence electrons. The second kappa shape index (κ2) is 5.28. The van der Waals surface area contributed by atoms with Gasteiger partial charge in [0.2, 0.25) is 0 Å². The van der Waals surface area contributed by atoms with Crippen LogP contribution in [-0.2, 0) is 0 Å². The van der Waals surface area contributed by atoms with E-state index >= 15 is 0 Å². The van der Waals surface area contributed by atoms with Crippen LogP contribution < -0.4 is 10.6 Å². The van der Waals surface area contributed by atoms with Crippen molar-refractivity contribution in [1.29, 1.82) is 0 Å². The summed E-state index contributed by atoms with van der Waals surface area (Å²) in [5, 5.41) is 17.1. The van der Waals surface area contributed by atoms with Crippen LogP contribution in [-0.4, -0.2) is 36.4 Å². The van der Waals surface area contributed by atoms with E-state index in [0.29, 0.717) is 6.04 Å². The molecule has 2 rings (SSSR count). The van der Waals surface area contributed by atoms with Crippen molar-refractivity contribution >= 4 is 0 Å². The second-order valence-corrected chi connectivity index (χ2v) is 5.19. The molecule has 0 unspecified atom stereocenters. The van der Waals surface area contributed by atoms with Crippen molar-refractivity contribution in [2.45, 2.75) is 56.6 Å². The third kappa shape index (κ3) is 3.44. The molecule has 0 atom stereocenters. The molecule has 1 aliphatic heterocycles. The molecule has 0 spiro atoms. The predicted molar refractivity (Wildman–Crippen MR) is 61.9 cm³/mol. The van der Waals surface area contributed by atoms with E-state index in [-0.39, 0.29) is 0 Å². The minimum Gasteiger partial charge on any atom is -0.388 e. The van der Waals surface area contributed by atoms with E-state index in [2.05, 4.69) is 10.6 Å². The summed E-state index contributed by atoms with van der Waals surface area (Å²) < 4.78 is 0. The Bertz CT molecular complexity index is 184. The Balaban J connectivity index is 1.70. The zero-order valence-corrected chi connectivity index (χ0v) is 9.60. The van der Waals surface area contributed by atoms with Crippen molar-refractivity contribution in [3.8, 4) is 0 Å². The first-order valence-corrected chi connectivity index (χ1v) is 6.45. The molecule has 0 aromatic carbocycles. The number of nitrogens with one attached hydrogen (secondary N) is 2. The molecule has 0 aromatic rings. The van der Waals surface area contributed by atoms with Gasteiger partial charge < -0.3 is 15.7 Å². The van der Waals surface area contributed by atoms with Crippen molar-refractivity contribution < 1.29 is 5.11 Å². The minimum atomic E-state index is -0.442. The molecule has 15 heavy (non-hydrogen) atoms. The van der Waals surface area contributed by atoms with Crippen LogP contribution in [0.4, 0.5) is 0 Å². The van der Waals surface area contributed by atoms with Crippen LogP contribution in [0.5, 0.6) is 0 Å². The summed E-state index contributed by atoms with van der Waals surface area (Å²) in [7, 11) is 0. The molecule has 1 heterocycles. The fraction of sp³-hybridized carbons (Fsp3) is 1.00. The van der Waals surface area contributed by atoms with Crippen LogP contribution in [0.3, 0.4) is 0 Å². The first-order chi connectivity index (χ1) is 7.29. The van der Waals surface area contributed by atoms with Gasteiger partial charge in [0.05, 0.1) is 5.60 Å². The lowest BCUT2D eigenvalue weighted by atomic mass is 9.90. The molecular weight excluding hydrogens is 188 g/mol. The van der Waals surface area contributed by atoms with Crippen LogP contribution in [0.15, 0.2) is 0 Å². The third-order valence-corrected chi connectivity index (χ3v) is 3.86. The highest BCUT2D eigenvalue weighted by atomic mass is 16.3. The summed E-state index contributed by atoms with van der Waals surface area (Å²) in [6, 6.07) is 0.665. The van der Waals surface area contributed by atoms with Crippen LogP contribution >= 0.6 is 0 Å². The van der Waals surface area contributed by atoms with Gasteiger partial charge in [-0.15, -0.1) is 0 Å². The topological polar surface area (TPSA) is 44.3 Å². The van der Waals surface area contributed by atoms with Gasteiger partial charge >= 0.3 is 0 Å². The molecule has 3 heteroatoms. The zero-order valence-electron chi connectivity index (χ0n) is 9.60. The Labute approximate surface area is 92.6 Å². The molecule has 0 bridgehead atoms. The second-order valence-electron chi connectivity index (χ2n) is 5.19. The molecule has 3 N–H and O–H groups in total. The SMILES string of the molecule is OC1(CNC2CCCCC2)CCNCC1. The first-order valence-electron chi connectivity index (χ1n) is 6.45. The molecule has 2 fully saturated rings. The number of piperidine rings is 1. The number of hydrogen-bond donors (Lipinski definition) is 3. The van der Waals surface area contributed by atoms with Crippen LogP contribution in [0.1, 0.15) is 44.9 Å². The van der Waals surface area contributed by atoms with Crippen molar-refractivity contribution in [3.63, 3.8) is 0 Å². The fourth-order valence-electron chi connectivity index (χ4n) is 2.71. The van der Waals surface area contributed by atoms with Crippen molar-refractivity contribution in [2.75, 3.05) is 19.6 Å². The summed E-state index contributed by atoms with van der Waals surface area (Å²) >= 11 is 0. The molecule has 0 amide bonds. The molecule has 1 saturated carbocycles. The van der Waals surface area contributed by atoms with E-state index in [1.807, 2.05) is 0 Å². The van der Waals surface area contributed by atoms with Gasteiger partial charge in [-0.3, -0.25) is 0 Å². The van der Waals surface area contributed by atoms with Crippen LogP contribution in [0.2, 0.25) is 0 Å². The van der Waals surface area contributed by atoms with Crippen LogP contribution in [0.25, 0.3) is 0 Å². The molecule has 3 nitrogen and oxygen atoms in total. The van der Waals surface area contributed by atoms with Crippen molar-refractivity contribution in [1.82, 2.24) is 10.6 Å². The number of hydrogen-bond acceptors (Lipinski definition) is 3. The van der Waals surface area contributed by atoms with E-state index in [0.717, 1.165) is 32.5 Å². The fourth-order valence-corrected chi connectivity index (χ4v) is 2.71. The van der Waals surface area contributed by atoms with Crippen molar-refractivity contribution in [2.24, 2.45) is 0 Å². The Morgan fingerprint density at radius 3 is 2.47 bits per heavy atom. The maximum Gasteiger partial charge on any atom is 0.0795 e. The zero-order chi connectivity index (χ0) is 10.6. The summed E-state index contributed by atoms with van der Waals surface area (Å²) in [5.41, 5.74) is -0.442. The van der Waals surface area contributed by atoms with Crippen molar-refractivity contribution in [3.05, 3.63) is 0 Å². The Hall–Kier alpha value is -0.120. The van der Waals surface area contributed by atoms with Gasteiger partial charge in [-0.2, -0.15) is 0 Å². The summed E-state index contributed by atoms with van der Waals surface area (Å²) in [5.74, 6) is 0. The lowest BCUT2D eigenvalue weighted by molar-refractivity contribution is 0.00783. The van der Waals surface area contributed by atoms with E-state index in [1.165, 1.54) is 32.1 Å². The van der Waals surface area contributed by atoms with Crippen LogP contribution in [0, 0.1) is 0 Å². The third-order valence-electron chi connectivity index (χ3n) is 3.86. The summed E-state index contributed by atoms with van der Waals surface area (Å²) in [6.07, 6.45) is 8.50. The lowest BCUT2D eigenvalue weighted by Crippen LogP contribution is -2.50. The highest BCUT2D eigenvalue weighted by Gasteiger charge is 2.29. The molecule has 0 aromatic heterocycles. The number of rotatable bonds is 3. The minimum absolute atomic E-state index is 0.442. The Morgan fingerprint density at radius 1 is 1.13 bits per heavy atom. The van der Waals surface area contributed by atoms with Gasteiger partial charge in [0.1, 0.15) is 0 Å². The predicted octanol–water partition coefficient (Wildman–Crippen LogP) is 1.02. The van der Waals surface area contributed by atoms with Gasteiger partial charge in [0.15, 0.2) is 0 Å². The quantitative estimate of drug-likeness (QED) is 0.654. The summed E-state index contributed by atoms with van der Waals surface area (Å²) in [6.45, 7) is 2.71. The molecule has 1 aliphatic carbocycles. The largest absolute Gasteiger partial charge is 0.388 e. The monoisotopic (exact) mass is 212 g/mol. The smallest absolute Gasteiger partial charge is 0.0795 e. The van der Waals surface area contributed by atoms with Gasteiger partial charge in [-0.1, -0.05) is 19.3 Å². The summed E-state index contributed by atoms with van der Waals surface area (Å²) in [4.78, 5) is 0. The average Bonchev–Trinajstić information content (AvgIpc) is 2.29. The van der Waals surface area contributed by atoms with E-state index < -0.39 is 5.60 Å².